The Bertz CT molecular complexity index is 438. The van der Waals surface area contributed by atoms with E-state index >= 15 is 0 Å². The number of rotatable bonds is 4. The lowest BCUT2D eigenvalue weighted by Crippen LogP contribution is -2.38. The van der Waals surface area contributed by atoms with Gasteiger partial charge in [0, 0.05) is 6.54 Å². The zero-order chi connectivity index (χ0) is 14.5. The number of carbonyl (C=O) groups excluding carboxylic acids is 1. The van der Waals surface area contributed by atoms with E-state index in [1.165, 1.54) is 19.2 Å². The van der Waals surface area contributed by atoms with Crippen molar-refractivity contribution in [1.82, 2.24) is 4.90 Å². The number of likely N-dealkylation sites (tertiary alicyclic amines) is 1. The van der Waals surface area contributed by atoms with Gasteiger partial charge in [0.05, 0.1) is 13.0 Å². The Morgan fingerprint density at radius 2 is 1.95 bits per heavy atom. The molecule has 0 aliphatic carbocycles. The van der Waals surface area contributed by atoms with Crippen molar-refractivity contribution in [2.75, 3.05) is 26.7 Å². The second-order valence-corrected chi connectivity index (χ2v) is 5.55. The fourth-order valence-corrected chi connectivity index (χ4v) is 2.80. The third-order valence-corrected chi connectivity index (χ3v) is 4.09. The van der Waals surface area contributed by atoms with E-state index in [9.17, 15) is 9.18 Å². The zero-order valence-corrected chi connectivity index (χ0v) is 12.1. The minimum absolute atomic E-state index is 0.0531. The number of hydrogen-bond acceptors (Lipinski definition) is 3. The number of halogens is 1. The minimum Gasteiger partial charge on any atom is -0.469 e. The van der Waals surface area contributed by atoms with Gasteiger partial charge in [-0.1, -0.05) is 19.1 Å². The van der Waals surface area contributed by atoms with Crippen molar-refractivity contribution >= 4 is 5.97 Å². The van der Waals surface area contributed by atoms with Crippen molar-refractivity contribution in [2.24, 2.45) is 5.92 Å². The number of carbonyl (C=O) groups is 1. The maximum Gasteiger partial charge on any atom is 0.308 e. The monoisotopic (exact) mass is 279 g/mol. The van der Waals surface area contributed by atoms with Gasteiger partial charge >= 0.3 is 5.97 Å². The van der Waals surface area contributed by atoms with Crippen LogP contribution in [-0.2, 0) is 9.53 Å². The Labute approximate surface area is 119 Å². The van der Waals surface area contributed by atoms with E-state index in [4.69, 9.17) is 4.74 Å². The van der Waals surface area contributed by atoms with E-state index in [1.807, 2.05) is 12.1 Å². The number of esters is 1. The lowest BCUT2D eigenvalue weighted by molar-refractivity contribution is -0.147. The molecular weight excluding hydrogens is 257 g/mol. The normalized spacial score (nSPS) is 18.8. The highest BCUT2D eigenvalue weighted by Crippen LogP contribution is 2.22. The summed E-state index contributed by atoms with van der Waals surface area (Å²) in [6.07, 6.45) is 1.73. The largest absolute Gasteiger partial charge is 0.469 e. The van der Waals surface area contributed by atoms with E-state index in [2.05, 4.69) is 11.8 Å². The molecule has 0 N–H and O–H groups in total. The third kappa shape index (κ3) is 3.79. The average Bonchev–Trinajstić information content (AvgIpc) is 2.48. The second kappa shape index (κ2) is 6.84. The molecule has 1 aliphatic heterocycles. The molecule has 0 saturated carbocycles. The first-order valence-corrected chi connectivity index (χ1v) is 7.15. The molecule has 3 nitrogen and oxygen atoms in total. The van der Waals surface area contributed by atoms with Crippen molar-refractivity contribution in [2.45, 2.75) is 25.7 Å². The maximum absolute atomic E-state index is 12.9. The van der Waals surface area contributed by atoms with E-state index in [0.29, 0.717) is 5.92 Å². The summed E-state index contributed by atoms with van der Waals surface area (Å²) in [6, 6.07) is 6.72. The molecule has 1 aromatic rings. The van der Waals surface area contributed by atoms with Crippen LogP contribution in [0.4, 0.5) is 4.39 Å². The second-order valence-electron chi connectivity index (χ2n) is 5.55. The molecular formula is C16H22FNO2. The Hall–Kier alpha value is -1.42. The maximum atomic E-state index is 12.9. The van der Waals surface area contributed by atoms with Gasteiger partial charge in [0.15, 0.2) is 0 Å². The SMILES string of the molecule is COC(=O)C1CCN(C[C@H](C)c2ccc(F)cc2)CC1. The molecule has 1 fully saturated rings. The van der Waals surface area contributed by atoms with Gasteiger partial charge in [-0.25, -0.2) is 4.39 Å². The Morgan fingerprint density at radius 1 is 1.35 bits per heavy atom. The molecule has 0 amide bonds. The topological polar surface area (TPSA) is 29.5 Å². The standard InChI is InChI=1S/C16H22FNO2/c1-12(13-3-5-15(17)6-4-13)11-18-9-7-14(8-10-18)16(19)20-2/h3-6,12,14H,7-11H2,1-2H3/t12-/m0/s1. The van der Waals surface area contributed by atoms with E-state index < -0.39 is 0 Å². The van der Waals surface area contributed by atoms with Gasteiger partial charge in [-0.2, -0.15) is 0 Å². The molecule has 1 saturated heterocycles. The summed E-state index contributed by atoms with van der Waals surface area (Å²) < 4.78 is 17.7. The van der Waals surface area contributed by atoms with E-state index in [-0.39, 0.29) is 17.7 Å². The van der Waals surface area contributed by atoms with Crippen LogP contribution in [0, 0.1) is 11.7 Å². The van der Waals surface area contributed by atoms with E-state index in [1.54, 1.807) is 0 Å². The van der Waals surface area contributed by atoms with E-state index in [0.717, 1.165) is 38.0 Å². The Balaban J connectivity index is 1.83. The average molecular weight is 279 g/mol. The smallest absolute Gasteiger partial charge is 0.308 e. The number of benzene rings is 1. The summed E-state index contributed by atoms with van der Waals surface area (Å²) in [7, 11) is 1.45. The van der Waals surface area contributed by atoms with Crippen molar-refractivity contribution in [1.29, 1.82) is 0 Å². The van der Waals surface area contributed by atoms with Crippen molar-refractivity contribution < 1.29 is 13.9 Å². The van der Waals surface area contributed by atoms with Gasteiger partial charge in [-0.05, 0) is 49.5 Å². The van der Waals surface area contributed by atoms with Crippen LogP contribution in [-0.4, -0.2) is 37.6 Å². The fourth-order valence-electron chi connectivity index (χ4n) is 2.80. The molecule has 1 heterocycles. The molecule has 4 heteroatoms. The number of nitrogens with zero attached hydrogens (tertiary/aromatic N) is 1. The van der Waals surface area contributed by atoms with Crippen LogP contribution < -0.4 is 0 Å². The highest BCUT2D eigenvalue weighted by atomic mass is 19.1. The predicted octanol–water partition coefficient (Wildman–Crippen LogP) is 2.81. The van der Waals surface area contributed by atoms with Crippen LogP contribution in [0.15, 0.2) is 24.3 Å². The summed E-state index contributed by atoms with van der Waals surface area (Å²) in [5.41, 5.74) is 1.15. The number of hydrogen-bond donors (Lipinski definition) is 0. The summed E-state index contributed by atoms with van der Waals surface area (Å²) >= 11 is 0. The summed E-state index contributed by atoms with van der Waals surface area (Å²) in [4.78, 5) is 13.8. The van der Waals surface area contributed by atoms with Crippen molar-refractivity contribution in [3.63, 3.8) is 0 Å². The summed E-state index contributed by atoms with van der Waals surface area (Å²) in [5, 5.41) is 0. The predicted molar refractivity (Wildman–Crippen MR) is 76.0 cm³/mol. The van der Waals surface area contributed by atoms with Crippen LogP contribution in [0.5, 0.6) is 0 Å². The van der Waals surface area contributed by atoms with Crippen molar-refractivity contribution in [3.8, 4) is 0 Å². The first-order chi connectivity index (χ1) is 9.60. The summed E-state index contributed by atoms with van der Waals surface area (Å²) in [6.45, 7) is 4.94. The van der Waals surface area contributed by atoms with Crippen molar-refractivity contribution in [3.05, 3.63) is 35.6 Å². The molecule has 0 radical (unpaired) electrons. The lowest BCUT2D eigenvalue weighted by atomic mass is 9.95. The fraction of sp³-hybridized carbons (Fsp3) is 0.562. The Morgan fingerprint density at radius 3 is 2.50 bits per heavy atom. The summed E-state index contributed by atoms with van der Waals surface area (Å²) in [5.74, 6) is 0.138. The number of ether oxygens (including phenoxy) is 1. The third-order valence-electron chi connectivity index (χ3n) is 4.09. The molecule has 0 spiro atoms. The van der Waals surface area contributed by atoms with Gasteiger partial charge in [-0.15, -0.1) is 0 Å². The molecule has 1 aromatic carbocycles. The molecule has 1 aliphatic rings. The lowest BCUT2D eigenvalue weighted by Gasteiger charge is -2.32. The van der Waals surface area contributed by atoms with Crippen LogP contribution in [0.25, 0.3) is 0 Å². The van der Waals surface area contributed by atoms with Crippen LogP contribution in [0.3, 0.4) is 0 Å². The quantitative estimate of drug-likeness (QED) is 0.794. The first kappa shape index (κ1) is 15.0. The van der Waals surface area contributed by atoms with Crippen LogP contribution in [0.2, 0.25) is 0 Å². The van der Waals surface area contributed by atoms with Crippen LogP contribution >= 0.6 is 0 Å². The zero-order valence-electron chi connectivity index (χ0n) is 12.1. The van der Waals surface area contributed by atoms with Gasteiger partial charge in [0.1, 0.15) is 5.82 Å². The molecule has 0 unspecified atom stereocenters. The van der Waals surface area contributed by atoms with Gasteiger partial charge in [-0.3, -0.25) is 4.79 Å². The first-order valence-electron chi connectivity index (χ1n) is 7.15. The minimum atomic E-state index is -0.195. The molecule has 0 aromatic heterocycles. The number of methoxy groups -OCH3 is 1. The highest BCUT2D eigenvalue weighted by Gasteiger charge is 2.26. The molecule has 0 bridgehead atoms. The Kier molecular flexibility index (Phi) is 5.12. The van der Waals surface area contributed by atoms with Gasteiger partial charge < -0.3 is 9.64 Å². The van der Waals surface area contributed by atoms with Crippen LogP contribution in [0.1, 0.15) is 31.2 Å². The highest BCUT2D eigenvalue weighted by molar-refractivity contribution is 5.72. The molecule has 2 rings (SSSR count). The number of piperidine rings is 1. The molecule has 110 valence electrons. The van der Waals surface area contributed by atoms with Gasteiger partial charge in [0.2, 0.25) is 0 Å². The molecule has 1 atom stereocenters. The van der Waals surface area contributed by atoms with Gasteiger partial charge in [0.25, 0.3) is 0 Å². The molecule has 20 heavy (non-hydrogen) atoms.